The van der Waals surface area contributed by atoms with E-state index in [1.807, 2.05) is 0 Å². The average molecular weight is 202 g/mol. The molecule has 0 spiro atoms. The maximum Gasteiger partial charge on any atom is 0.225 e. The maximum atomic E-state index is 11.5. The molecule has 1 unspecified atom stereocenters. The lowest BCUT2D eigenvalue weighted by atomic mass is 10.0. The molecule has 1 fully saturated rings. The summed E-state index contributed by atoms with van der Waals surface area (Å²) in [5.41, 5.74) is 0. The van der Waals surface area contributed by atoms with Gasteiger partial charge in [-0.15, -0.1) is 0 Å². The first-order chi connectivity index (χ1) is 6.27. The zero-order valence-corrected chi connectivity index (χ0v) is 9.12. The van der Waals surface area contributed by atoms with Crippen LogP contribution in [0, 0.1) is 5.92 Å². The van der Waals surface area contributed by atoms with Gasteiger partial charge < -0.3 is 10.6 Å². The summed E-state index contributed by atoms with van der Waals surface area (Å²) >= 11 is 1.78. The van der Waals surface area contributed by atoms with Crippen LogP contribution in [0.4, 0.5) is 0 Å². The van der Waals surface area contributed by atoms with Crippen LogP contribution in [-0.4, -0.2) is 37.0 Å². The van der Waals surface area contributed by atoms with Crippen molar-refractivity contribution in [1.29, 1.82) is 0 Å². The summed E-state index contributed by atoms with van der Waals surface area (Å²) in [6.45, 7) is 3.81. The van der Waals surface area contributed by atoms with E-state index >= 15 is 0 Å². The van der Waals surface area contributed by atoms with Crippen molar-refractivity contribution in [2.45, 2.75) is 19.4 Å². The first-order valence-electron chi connectivity index (χ1n) is 4.78. The van der Waals surface area contributed by atoms with Crippen LogP contribution in [0.2, 0.25) is 0 Å². The Bertz CT molecular complexity index is 171. The normalized spacial score (nSPS) is 19.2. The van der Waals surface area contributed by atoms with Crippen molar-refractivity contribution in [3.8, 4) is 0 Å². The Morgan fingerprint density at radius 3 is 2.77 bits per heavy atom. The molecule has 0 saturated carbocycles. The Kier molecular flexibility index (Phi) is 4.59. The first kappa shape index (κ1) is 10.9. The highest BCUT2D eigenvalue weighted by molar-refractivity contribution is 7.98. The SMILES string of the molecule is CCC(CSC)NC(=O)C1CNC1. The molecule has 0 bridgehead atoms. The molecule has 2 N–H and O–H groups in total. The number of hydrogen-bond donors (Lipinski definition) is 2. The third kappa shape index (κ3) is 3.19. The zero-order chi connectivity index (χ0) is 9.68. The monoisotopic (exact) mass is 202 g/mol. The van der Waals surface area contributed by atoms with E-state index in [9.17, 15) is 4.79 Å². The number of amides is 1. The number of nitrogens with one attached hydrogen (secondary N) is 2. The smallest absolute Gasteiger partial charge is 0.225 e. The van der Waals surface area contributed by atoms with Crippen molar-refractivity contribution in [2.24, 2.45) is 5.92 Å². The number of carbonyl (C=O) groups excluding carboxylic acids is 1. The third-order valence-electron chi connectivity index (χ3n) is 2.36. The van der Waals surface area contributed by atoms with Gasteiger partial charge in [0.15, 0.2) is 0 Å². The molecular weight excluding hydrogens is 184 g/mol. The zero-order valence-electron chi connectivity index (χ0n) is 8.30. The quantitative estimate of drug-likeness (QED) is 0.680. The molecule has 0 aromatic rings. The largest absolute Gasteiger partial charge is 0.352 e. The van der Waals surface area contributed by atoms with E-state index in [0.717, 1.165) is 25.3 Å². The van der Waals surface area contributed by atoms with Crippen LogP contribution in [0.5, 0.6) is 0 Å². The van der Waals surface area contributed by atoms with E-state index in [-0.39, 0.29) is 11.8 Å². The topological polar surface area (TPSA) is 41.1 Å². The van der Waals surface area contributed by atoms with Gasteiger partial charge in [0.2, 0.25) is 5.91 Å². The molecule has 13 heavy (non-hydrogen) atoms. The van der Waals surface area contributed by atoms with Crippen LogP contribution >= 0.6 is 11.8 Å². The molecule has 1 heterocycles. The van der Waals surface area contributed by atoms with Gasteiger partial charge in [0.25, 0.3) is 0 Å². The van der Waals surface area contributed by atoms with E-state index in [4.69, 9.17) is 0 Å². The van der Waals surface area contributed by atoms with Crippen LogP contribution in [-0.2, 0) is 4.79 Å². The Labute approximate surface area is 84.0 Å². The van der Waals surface area contributed by atoms with Crippen molar-refractivity contribution in [3.63, 3.8) is 0 Å². The molecule has 1 aliphatic rings. The van der Waals surface area contributed by atoms with E-state index < -0.39 is 0 Å². The number of carbonyl (C=O) groups is 1. The van der Waals surface area contributed by atoms with E-state index in [1.54, 1.807) is 11.8 Å². The molecule has 0 radical (unpaired) electrons. The van der Waals surface area contributed by atoms with Crippen molar-refractivity contribution in [3.05, 3.63) is 0 Å². The summed E-state index contributed by atoms with van der Waals surface area (Å²) in [4.78, 5) is 11.5. The molecule has 1 rings (SSSR count). The Morgan fingerprint density at radius 2 is 2.38 bits per heavy atom. The summed E-state index contributed by atoms with van der Waals surface area (Å²) in [6, 6.07) is 0.350. The summed E-state index contributed by atoms with van der Waals surface area (Å²) in [5, 5.41) is 6.17. The molecule has 1 amide bonds. The summed E-state index contributed by atoms with van der Waals surface area (Å²) in [7, 11) is 0. The highest BCUT2D eigenvalue weighted by Gasteiger charge is 2.25. The molecule has 0 aromatic carbocycles. The first-order valence-corrected chi connectivity index (χ1v) is 6.17. The Balaban J connectivity index is 2.23. The predicted molar refractivity (Wildman–Crippen MR) is 57.0 cm³/mol. The summed E-state index contributed by atoms with van der Waals surface area (Å²) < 4.78 is 0. The molecule has 0 aliphatic carbocycles. The minimum Gasteiger partial charge on any atom is -0.352 e. The summed E-state index contributed by atoms with van der Waals surface area (Å²) in [5.74, 6) is 1.46. The molecule has 4 heteroatoms. The second-order valence-corrected chi connectivity index (χ2v) is 4.33. The summed E-state index contributed by atoms with van der Waals surface area (Å²) in [6.07, 6.45) is 3.09. The Morgan fingerprint density at radius 1 is 1.69 bits per heavy atom. The fourth-order valence-electron chi connectivity index (χ4n) is 1.26. The minimum absolute atomic E-state index is 0.218. The fraction of sp³-hybridized carbons (Fsp3) is 0.889. The molecular formula is C9H18N2OS. The van der Waals surface area contributed by atoms with Gasteiger partial charge in [-0.05, 0) is 12.7 Å². The van der Waals surface area contributed by atoms with Crippen LogP contribution in [0.15, 0.2) is 0 Å². The van der Waals surface area contributed by atoms with Gasteiger partial charge in [-0.1, -0.05) is 6.92 Å². The van der Waals surface area contributed by atoms with Crippen molar-refractivity contribution >= 4 is 17.7 Å². The van der Waals surface area contributed by atoms with Crippen LogP contribution in [0.3, 0.4) is 0 Å². The molecule has 1 aliphatic heterocycles. The Hall–Kier alpha value is -0.220. The number of thioether (sulfide) groups is 1. The second kappa shape index (κ2) is 5.50. The average Bonchev–Trinajstić information content (AvgIpc) is 2.00. The molecule has 3 nitrogen and oxygen atoms in total. The molecule has 1 saturated heterocycles. The van der Waals surface area contributed by atoms with E-state index in [2.05, 4.69) is 23.8 Å². The molecule has 0 aromatic heterocycles. The van der Waals surface area contributed by atoms with Crippen molar-refractivity contribution in [1.82, 2.24) is 10.6 Å². The van der Waals surface area contributed by atoms with Gasteiger partial charge in [-0.2, -0.15) is 11.8 Å². The lowest BCUT2D eigenvalue weighted by Crippen LogP contribution is -2.53. The van der Waals surface area contributed by atoms with Crippen molar-refractivity contribution < 1.29 is 4.79 Å². The van der Waals surface area contributed by atoms with Crippen LogP contribution in [0.25, 0.3) is 0 Å². The van der Waals surface area contributed by atoms with Gasteiger partial charge in [0.1, 0.15) is 0 Å². The third-order valence-corrected chi connectivity index (χ3v) is 3.10. The van der Waals surface area contributed by atoms with Crippen LogP contribution < -0.4 is 10.6 Å². The predicted octanol–water partition coefficient (Wildman–Crippen LogP) is 0.464. The molecule has 1 atom stereocenters. The minimum atomic E-state index is 0.218. The maximum absolute atomic E-state index is 11.5. The number of hydrogen-bond acceptors (Lipinski definition) is 3. The van der Waals surface area contributed by atoms with Gasteiger partial charge >= 0.3 is 0 Å². The van der Waals surface area contributed by atoms with Gasteiger partial charge in [0, 0.05) is 24.9 Å². The van der Waals surface area contributed by atoms with Gasteiger partial charge in [0.05, 0.1) is 5.92 Å². The van der Waals surface area contributed by atoms with Gasteiger partial charge in [-0.25, -0.2) is 0 Å². The van der Waals surface area contributed by atoms with E-state index in [1.165, 1.54) is 0 Å². The van der Waals surface area contributed by atoms with E-state index in [0.29, 0.717) is 6.04 Å². The van der Waals surface area contributed by atoms with Crippen molar-refractivity contribution in [2.75, 3.05) is 25.1 Å². The number of rotatable bonds is 5. The lowest BCUT2D eigenvalue weighted by molar-refractivity contribution is -0.127. The lowest BCUT2D eigenvalue weighted by Gasteiger charge is -2.28. The standard InChI is InChI=1S/C9H18N2OS/c1-3-8(6-13-2)11-9(12)7-4-10-5-7/h7-8,10H,3-6H2,1-2H3,(H,11,12). The second-order valence-electron chi connectivity index (χ2n) is 3.42. The van der Waals surface area contributed by atoms with Gasteiger partial charge in [-0.3, -0.25) is 4.79 Å². The van der Waals surface area contributed by atoms with Crippen LogP contribution in [0.1, 0.15) is 13.3 Å². The fourth-order valence-corrected chi connectivity index (χ4v) is 1.98. The highest BCUT2D eigenvalue weighted by Crippen LogP contribution is 2.06. The highest BCUT2D eigenvalue weighted by atomic mass is 32.2. The molecule has 76 valence electrons.